The third-order valence-electron chi connectivity index (χ3n) is 2.48. The Morgan fingerprint density at radius 3 is 2.53 bits per heavy atom. The highest BCUT2D eigenvalue weighted by molar-refractivity contribution is 5.79. The average Bonchev–Trinajstić information content (AvgIpc) is 2.17. The first-order valence-corrected chi connectivity index (χ1v) is 4.82. The van der Waals surface area contributed by atoms with E-state index in [1.54, 1.807) is 6.20 Å². The highest BCUT2D eigenvalue weighted by Crippen LogP contribution is 2.22. The summed E-state index contributed by atoms with van der Waals surface area (Å²) in [5.74, 6) is 0.473. The van der Waals surface area contributed by atoms with Crippen LogP contribution in [-0.4, -0.2) is 13.6 Å². The number of fused-ring (bicyclic) bond motifs is 1. The molecule has 0 aliphatic carbocycles. The molecule has 0 saturated carbocycles. The molecule has 0 unspecified atom stereocenters. The highest BCUT2D eigenvalue weighted by atomic mass is 16.5. The topological polar surface area (TPSA) is 24.1 Å². The molecule has 1 aromatic heterocycles. The minimum absolute atomic E-state index is 0. The Kier molecular flexibility index (Phi) is 3.35. The van der Waals surface area contributed by atoms with Crippen LogP contribution in [0.4, 0.5) is 0 Å². The van der Waals surface area contributed by atoms with Gasteiger partial charge in [0.1, 0.15) is 0 Å². The second-order valence-electron chi connectivity index (χ2n) is 3.79. The van der Waals surface area contributed by atoms with Gasteiger partial charge in [-0.1, -0.05) is 26.0 Å². The lowest BCUT2D eigenvalue weighted by Gasteiger charge is -2.06. The van der Waals surface area contributed by atoms with Crippen molar-refractivity contribution in [3.8, 4) is 0 Å². The molecule has 1 heterocycles. The Labute approximate surface area is 91.7 Å². The molecule has 0 bridgehead atoms. The zero-order valence-corrected chi connectivity index (χ0v) is 9.01. The lowest BCUT2D eigenvalue weighted by atomic mass is 9.98. The van der Waals surface area contributed by atoms with Crippen molar-refractivity contribution in [1.29, 1.82) is 0 Å². The van der Waals surface area contributed by atoms with Crippen LogP contribution in [0.2, 0.25) is 0 Å². The predicted octanol–water partition coefficient (Wildman–Crippen LogP) is 2.11. The molecule has 0 spiro atoms. The molecule has 2 nitrogen and oxygen atoms in total. The maximum Gasteiger partial charge on any atom is 0.264 e. The van der Waals surface area contributed by atoms with E-state index in [0.717, 1.165) is 10.9 Å². The normalized spacial score (nSPS) is 10.3. The fourth-order valence-corrected chi connectivity index (χ4v) is 1.76. The van der Waals surface area contributed by atoms with Gasteiger partial charge in [-0.15, -0.1) is 0 Å². The van der Waals surface area contributed by atoms with Crippen molar-refractivity contribution in [2.75, 3.05) is 0 Å². The monoisotopic (exact) mass is 199 g/mol. The van der Waals surface area contributed by atoms with Crippen LogP contribution in [0, 0.1) is 0 Å². The van der Waals surface area contributed by atoms with Crippen molar-refractivity contribution in [3.05, 3.63) is 42.1 Å². The third kappa shape index (κ3) is 1.96. The lowest BCUT2D eigenvalue weighted by molar-refractivity contribution is -0.884. The SMILES string of the molecule is CC(C)c1cccc2c1ccc[n+]2O.[B]. The standard InChI is InChI=1S/C12H14NO.B/c1-9(2)10-5-3-7-12-11(10)6-4-8-13(12)14;/h3-9,14H,1-2H3;/q+1;. The number of hydrogen-bond donors (Lipinski definition) is 1. The smallest absolute Gasteiger partial charge is 0.264 e. The fraction of sp³-hybridized carbons (Fsp3) is 0.250. The van der Waals surface area contributed by atoms with Gasteiger partial charge in [-0.2, -0.15) is 0 Å². The van der Waals surface area contributed by atoms with Crippen molar-refractivity contribution in [2.45, 2.75) is 19.8 Å². The van der Waals surface area contributed by atoms with Gasteiger partial charge in [-0.05, 0) is 17.5 Å². The van der Waals surface area contributed by atoms with Gasteiger partial charge in [-0.3, -0.25) is 5.21 Å². The van der Waals surface area contributed by atoms with Gasteiger partial charge >= 0.3 is 0 Å². The van der Waals surface area contributed by atoms with Gasteiger partial charge in [0, 0.05) is 25.3 Å². The molecule has 1 N–H and O–H groups in total. The molecule has 3 heteroatoms. The summed E-state index contributed by atoms with van der Waals surface area (Å²) in [5.41, 5.74) is 2.13. The Balaban J connectivity index is 0.00000112. The van der Waals surface area contributed by atoms with E-state index >= 15 is 0 Å². The van der Waals surface area contributed by atoms with Crippen molar-refractivity contribution in [1.82, 2.24) is 0 Å². The summed E-state index contributed by atoms with van der Waals surface area (Å²) in [4.78, 5) is 0. The van der Waals surface area contributed by atoms with Crippen LogP contribution in [0.5, 0.6) is 0 Å². The minimum Gasteiger partial charge on any atom is -0.285 e. The predicted molar refractivity (Wildman–Crippen MR) is 61.2 cm³/mol. The first-order chi connectivity index (χ1) is 6.70. The van der Waals surface area contributed by atoms with E-state index < -0.39 is 0 Å². The van der Waals surface area contributed by atoms with Crippen LogP contribution in [0.25, 0.3) is 10.9 Å². The average molecular weight is 199 g/mol. The summed E-state index contributed by atoms with van der Waals surface area (Å²) in [6.45, 7) is 4.31. The molecule has 0 atom stereocenters. The van der Waals surface area contributed by atoms with Gasteiger partial charge in [-0.25, -0.2) is 0 Å². The molecule has 0 aliphatic rings. The van der Waals surface area contributed by atoms with E-state index in [0.29, 0.717) is 5.92 Å². The van der Waals surface area contributed by atoms with E-state index in [4.69, 9.17) is 0 Å². The molecule has 0 aliphatic heterocycles. The van der Waals surface area contributed by atoms with Gasteiger partial charge < -0.3 is 0 Å². The van der Waals surface area contributed by atoms with Gasteiger partial charge in [0.15, 0.2) is 0 Å². The van der Waals surface area contributed by atoms with E-state index in [2.05, 4.69) is 19.9 Å². The Hall–Kier alpha value is -1.51. The lowest BCUT2D eigenvalue weighted by Crippen LogP contribution is -2.29. The molecule has 0 saturated heterocycles. The van der Waals surface area contributed by atoms with Gasteiger partial charge in [0.05, 0.1) is 5.39 Å². The Morgan fingerprint density at radius 1 is 1.13 bits per heavy atom. The first kappa shape index (κ1) is 11.6. The molecule has 75 valence electrons. The number of hydrogen-bond acceptors (Lipinski definition) is 1. The molecule has 3 radical (unpaired) electrons. The zero-order valence-electron chi connectivity index (χ0n) is 9.01. The van der Waals surface area contributed by atoms with Crippen LogP contribution in [0.15, 0.2) is 36.5 Å². The summed E-state index contributed by atoms with van der Waals surface area (Å²) >= 11 is 0. The quantitative estimate of drug-likeness (QED) is 0.424. The van der Waals surface area contributed by atoms with Crippen molar-refractivity contribution in [3.63, 3.8) is 0 Å². The molecule has 2 rings (SSSR count). The molecule has 0 amide bonds. The maximum atomic E-state index is 9.59. The number of aromatic nitrogens is 1. The van der Waals surface area contributed by atoms with Crippen LogP contribution in [0.3, 0.4) is 0 Å². The second kappa shape index (κ2) is 4.34. The van der Waals surface area contributed by atoms with Crippen LogP contribution < -0.4 is 4.73 Å². The summed E-state index contributed by atoms with van der Waals surface area (Å²) in [7, 11) is 0. The number of benzene rings is 1. The fourth-order valence-electron chi connectivity index (χ4n) is 1.76. The number of nitrogens with zero attached hydrogens (tertiary/aromatic N) is 1. The summed E-state index contributed by atoms with van der Waals surface area (Å²) in [6.07, 6.45) is 1.65. The van der Waals surface area contributed by atoms with Crippen LogP contribution in [-0.2, 0) is 0 Å². The van der Waals surface area contributed by atoms with Gasteiger partial charge in [0.2, 0.25) is 6.20 Å². The molecule has 15 heavy (non-hydrogen) atoms. The highest BCUT2D eigenvalue weighted by Gasteiger charge is 2.11. The summed E-state index contributed by atoms with van der Waals surface area (Å²) in [5, 5.41) is 10.7. The zero-order chi connectivity index (χ0) is 10.1. The maximum absolute atomic E-state index is 9.59. The molecule has 0 fully saturated rings. The summed E-state index contributed by atoms with van der Waals surface area (Å²) in [6, 6.07) is 9.89. The minimum atomic E-state index is 0. The van der Waals surface area contributed by atoms with E-state index in [9.17, 15) is 5.21 Å². The number of pyridine rings is 1. The van der Waals surface area contributed by atoms with E-state index in [1.807, 2.05) is 24.3 Å². The molecular weight excluding hydrogens is 185 g/mol. The molecular formula is C12H14BNO+. The van der Waals surface area contributed by atoms with Crippen molar-refractivity contribution >= 4 is 19.3 Å². The second-order valence-corrected chi connectivity index (χ2v) is 3.79. The largest absolute Gasteiger partial charge is 0.285 e. The van der Waals surface area contributed by atoms with Crippen molar-refractivity contribution in [2.24, 2.45) is 0 Å². The van der Waals surface area contributed by atoms with Crippen LogP contribution in [0.1, 0.15) is 25.3 Å². The Bertz CT molecular complexity index is 468. The third-order valence-corrected chi connectivity index (χ3v) is 2.48. The van der Waals surface area contributed by atoms with Crippen molar-refractivity contribution < 1.29 is 9.94 Å². The van der Waals surface area contributed by atoms with E-state index in [1.165, 1.54) is 10.3 Å². The summed E-state index contributed by atoms with van der Waals surface area (Å²) < 4.78 is 1.17. The molecule has 1 aromatic carbocycles. The molecule has 2 aromatic rings. The van der Waals surface area contributed by atoms with Gasteiger partial charge in [0.25, 0.3) is 5.52 Å². The first-order valence-electron chi connectivity index (χ1n) is 4.82. The Morgan fingerprint density at radius 2 is 1.87 bits per heavy atom. The van der Waals surface area contributed by atoms with Crippen LogP contribution >= 0.6 is 0 Å². The number of rotatable bonds is 1. The van der Waals surface area contributed by atoms with E-state index in [-0.39, 0.29) is 8.41 Å².